The number of unbranched alkanes of at least 4 members (excludes halogenated alkanes) is 22. The molecule has 0 spiro atoms. The van der Waals surface area contributed by atoms with Crippen molar-refractivity contribution in [3.05, 3.63) is 12.2 Å². The zero-order chi connectivity index (χ0) is 45.3. The van der Waals surface area contributed by atoms with Crippen LogP contribution in [0.4, 0.5) is 4.79 Å². The molecule has 1 saturated heterocycles. The summed E-state index contributed by atoms with van der Waals surface area (Å²) in [6.45, 7) is 10.3. The van der Waals surface area contributed by atoms with E-state index in [-0.39, 0.29) is 12.3 Å². The fourth-order valence-corrected chi connectivity index (χ4v) is 7.64. The minimum atomic E-state index is -1.58. The van der Waals surface area contributed by atoms with Crippen molar-refractivity contribution < 1.29 is 44.0 Å². The Bertz CT molecular complexity index is 1200. The highest BCUT2D eigenvalue weighted by Crippen LogP contribution is 2.26. The van der Waals surface area contributed by atoms with Crippen molar-refractivity contribution in [2.75, 3.05) is 19.7 Å². The summed E-state index contributed by atoms with van der Waals surface area (Å²) in [6, 6.07) is -2.36. The molecular formula is C48H90N4O9. The second-order valence-electron chi connectivity index (χ2n) is 18.2. The average molecular weight is 867 g/mol. The fraction of sp³-hybridized carbons (Fsp3) is 0.875. The molecule has 0 aromatic rings. The van der Waals surface area contributed by atoms with E-state index in [1.165, 1.54) is 96.8 Å². The third kappa shape index (κ3) is 27.1. The Morgan fingerprint density at radius 1 is 0.705 bits per heavy atom. The maximum absolute atomic E-state index is 14.0. The highest BCUT2D eigenvalue weighted by atomic mass is 16.6. The average Bonchev–Trinajstić information content (AvgIpc) is 3.21. The van der Waals surface area contributed by atoms with Gasteiger partial charge in [-0.3, -0.25) is 14.4 Å². The lowest BCUT2D eigenvalue weighted by atomic mass is 9.94. The van der Waals surface area contributed by atoms with Crippen LogP contribution < -0.4 is 16.0 Å². The summed E-state index contributed by atoms with van der Waals surface area (Å²) in [5.41, 5.74) is -0.751. The topological polar surface area (TPSA) is 187 Å². The van der Waals surface area contributed by atoms with Crippen LogP contribution in [-0.4, -0.2) is 106 Å². The second kappa shape index (κ2) is 34.7. The Kier molecular flexibility index (Phi) is 32.0. The van der Waals surface area contributed by atoms with Gasteiger partial charge in [0.2, 0.25) is 17.7 Å². The normalized spacial score (nSPS) is 19.7. The number of nitrogens with one attached hydrogen (secondary N) is 3. The second-order valence-corrected chi connectivity index (χ2v) is 18.2. The summed E-state index contributed by atoms with van der Waals surface area (Å²) in [7, 11) is 0. The molecule has 1 fully saturated rings. The molecule has 0 radical (unpaired) electrons. The highest BCUT2D eigenvalue weighted by molar-refractivity contribution is 5.89. The van der Waals surface area contributed by atoms with Crippen LogP contribution in [0.5, 0.6) is 0 Å². The Labute approximate surface area is 370 Å². The van der Waals surface area contributed by atoms with Crippen molar-refractivity contribution in [3.8, 4) is 0 Å². The van der Waals surface area contributed by atoms with E-state index in [4.69, 9.17) is 9.47 Å². The SMILES string of the molecule is CCCCCCCCC=CCCCCCCCC(=O)N(CCCCCCCCCCCCCC)[C@@H]1O[C@H](CO)[C@@H](O)[C@H](O)[C@H]1NC(=O)[C@H](C)NC(=O)CNC(=O)OC(C)(C)C. The molecule has 6 N–H and O–H groups in total. The number of carbonyl (C=O) groups is 4. The van der Waals surface area contributed by atoms with E-state index in [2.05, 4.69) is 41.9 Å². The Balaban J connectivity index is 2.87. The molecule has 356 valence electrons. The first-order valence-corrected chi connectivity index (χ1v) is 24.4. The lowest BCUT2D eigenvalue weighted by molar-refractivity contribution is -0.231. The summed E-state index contributed by atoms with van der Waals surface area (Å²) in [5, 5.41) is 39.9. The van der Waals surface area contributed by atoms with Crippen molar-refractivity contribution >= 4 is 23.8 Å². The maximum Gasteiger partial charge on any atom is 0.408 e. The number of alkyl carbamates (subject to hydrolysis) is 1. The van der Waals surface area contributed by atoms with Gasteiger partial charge in [0.05, 0.1) is 6.61 Å². The molecule has 0 aliphatic carbocycles. The minimum absolute atomic E-state index is 0.181. The van der Waals surface area contributed by atoms with Crippen LogP contribution in [-0.2, 0) is 23.9 Å². The van der Waals surface area contributed by atoms with Gasteiger partial charge in [0, 0.05) is 13.0 Å². The standard InChI is InChI=1S/C48H90N4O9/c1-7-9-11-13-15-17-19-21-22-23-24-26-28-30-32-34-41(55)52(35-33-31-29-27-25-20-18-16-14-12-10-8-2)46-42(44(57)43(56)39(37-53)60-46)51-45(58)38(3)50-40(54)36-49-47(59)61-48(4,5)6/h21-22,38-39,42-44,46,53,56-57H,7-20,23-37H2,1-6H3,(H,49,59)(H,50,54)(H,51,58)/t38-,39+,42+,43+,44+,46+/m0/s1. The summed E-state index contributed by atoms with van der Waals surface area (Å²) in [4.78, 5) is 53.7. The first-order valence-electron chi connectivity index (χ1n) is 24.4. The number of hydrogen-bond donors (Lipinski definition) is 6. The predicted molar refractivity (Wildman–Crippen MR) is 244 cm³/mol. The van der Waals surface area contributed by atoms with Crippen molar-refractivity contribution in [2.45, 2.75) is 251 Å². The first-order chi connectivity index (χ1) is 29.2. The molecule has 0 bridgehead atoms. The number of hydrogen-bond acceptors (Lipinski definition) is 9. The highest BCUT2D eigenvalue weighted by Gasteiger charge is 2.48. The number of aliphatic hydroxyl groups is 3. The van der Waals surface area contributed by atoms with Crippen LogP contribution in [0.1, 0.15) is 208 Å². The fourth-order valence-electron chi connectivity index (χ4n) is 7.64. The lowest BCUT2D eigenvalue weighted by Crippen LogP contribution is -2.69. The van der Waals surface area contributed by atoms with E-state index in [9.17, 15) is 34.5 Å². The largest absolute Gasteiger partial charge is 0.444 e. The van der Waals surface area contributed by atoms with Gasteiger partial charge in [-0.25, -0.2) is 4.79 Å². The third-order valence-electron chi connectivity index (χ3n) is 11.3. The van der Waals surface area contributed by atoms with Gasteiger partial charge in [0.15, 0.2) is 6.23 Å². The van der Waals surface area contributed by atoms with Gasteiger partial charge in [-0.1, -0.05) is 148 Å². The van der Waals surface area contributed by atoms with Crippen LogP contribution in [0.15, 0.2) is 12.2 Å². The molecule has 0 unspecified atom stereocenters. The van der Waals surface area contributed by atoms with Crippen LogP contribution in [0.25, 0.3) is 0 Å². The summed E-state index contributed by atoms with van der Waals surface area (Å²) >= 11 is 0. The zero-order valence-corrected chi connectivity index (χ0v) is 39.4. The molecule has 1 rings (SSSR count). The Morgan fingerprint density at radius 2 is 1.18 bits per heavy atom. The van der Waals surface area contributed by atoms with E-state index >= 15 is 0 Å². The zero-order valence-electron chi connectivity index (χ0n) is 39.4. The van der Waals surface area contributed by atoms with E-state index in [0.29, 0.717) is 19.4 Å². The van der Waals surface area contributed by atoms with Crippen LogP contribution in [0, 0.1) is 0 Å². The predicted octanol–water partition coefficient (Wildman–Crippen LogP) is 8.51. The van der Waals surface area contributed by atoms with Gasteiger partial charge in [-0.05, 0) is 66.2 Å². The number of rotatable bonds is 35. The molecule has 6 atom stereocenters. The van der Waals surface area contributed by atoms with Gasteiger partial charge in [0.25, 0.3) is 0 Å². The molecule has 1 heterocycles. The molecule has 13 nitrogen and oxygen atoms in total. The van der Waals surface area contributed by atoms with E-state index in [0.717, 1.165) is 57.8 Å². The van der Waals surface area contributed by atoms with Gasteiger partial charge < -0.3 is 45.6 Å². The van der Waals surface area contributed by atoms with Crippen LogP contribution in [0.2, 0.25) is 0 Å². The van der Waals surface area contributed by atoms with E-state index < -0.39 is 73.3 Å². The lowest BCUT2D eigenvalue weighted by Gasteiger charge is -2.47. The Hall–Kier alpha value is -2.74. The Morgan fingerprint density at radius 3 is 1.67 bits per heavy atom. The van der Waals surface area contributed by atoms with Crippen LogP contribution in [0.3, 0.4) is 0 Å². The first kappa shape index (κ1) is 56.3. The monoisotopic (exact) mass is 867 g/mol. The number of nitrogens with zero attached hydrogens (tertiary/aromatic N) is 1. The number of allylic oxidation sites excluding steroid dienone is 2. The van der Waals surface area contributed by atoms with Crippen molar-refractivity contribution in [2.24, 2.45) is 0 Å². The van der Waals surface area contributed by atoms with E-state index in [1.807, 2.05) is 0 Å². The molecule has 0 aromatic carbocycles. The number of carbonyl (C=O) groups excluding carboxylic acids is 4. The molecule has 0 aromatic heterocycles. The molecule has 1 aliphatic heterocycles. The number of ether oxygens (including phenoxy) is 2. The van der Waals surface area contributed by atoms with E-state index in [1.54, 1.807) is 25.7 Å². The minimum Gasteiger partial charge on any atom is -0.444 e. The summed E-state index contributed by atoms with van der Waals surface area (Å²) in [5.74, 6) is -1.51. The van der Waals surface area contributed by atoms with Crippen molar-refractivity contribution in [1.29, 1.82) is 0 Å². The molecule has 1 aliphatic rings. The molecule has 4 amide bonds. The third-order valence-corrected chi connectivity index (χ3v) is 11.3. The molecular weight excluding hydrogens is 777 g/mol. The quantitative estimate of drug-likeness (QED) is 0.0268. The van der Waals surface area contributed by atoms with Gasteiger partial charge in [-0.2, -0.15) is 0 Å². The van der Waals surface area contributed by atoms with Gasteiger partial charge >= 0.3 is 6.09 Å². The summed E-state index contributed by atoms with van der Waals surface area (Å²) < 4.78 is 11.3. The molecule has 61 heavy (non-hydrogen) atoms. The molecule has 13 heteroatoms. The smallest absolute Gasteiger partial charge is 0.408 e. The summed E-state index contributed by atoms with van der Waals surface area (Å²) in [6.07, 6.45) is 27.4. The molecule has 0 saturated carbocycles. The maximum atomic E-state index is 14.0. The van der Waals surface area contributed by atoms with Crippen molar-refractivity contribution in [3.63, 3.8) is 0 Å². The van der Waals surface area contributed by atoms with Gasteiger partial charge in [-0.15, -0.1) is 0 Å². The van der Waals surface area contributed by atoms with Crippen molar-refractivity contribution in [1.82, 2.24) is 20.9 Å². The van der Waals surface area contributed by atoms with Crippen LogP contribution >= 0.6 is 0 Å². The number of amides is 4. The van der Waals surface area contributed by atoms with Gasteiger partial charge in [0.1, 0.15) is 42.5 Å². The number of aliphatic hydroxyl groups excluding tert-OH is 3.